The largest absolute Gasteiger partial charge is 0.300 e. The van der Waals surface area contributed by atoms with E-state index in [0.29, 0.717) is 0 Å². The van der Waals surface area contributed by atoms with Crippen molar-refractivity contribution >= 4 is 0 Å². The summed E-state index contributed by atoms with van der Waals surface area (Å²) in [6.07, 6.45) is 6.92. The van der Waals surface area contributed by atoms with Gasteiger partial charge in [0.25, 0.3) is 0 Å². The van der Waals surface area contributed by atoms with Crippen molar-refractivity contribution in [1.29, 1.82) is 0 Å². The average molecular weight is 211 g/mol. The topological polar surface area (TPSA) is 3.24 Å². The van der Waals surface area contributed by atoms with Gasteiger partial charge in [0.15, 0.2) is 0 Å². The van der Waals surface area contributed by atoms with Gasteiger partial charge in [-0.2, -0.15) is 0 Å². The molecule has 0 aromatic rings. The summed E-state index contributed by atoms with van der Waals surface area (Å²) in [6.45, 7) is 12.1. The predicted molar refractivity (Wildman–Crippen MR) is 68.1 cm³/mol. The molecule has 1 nitrogen and oxygen atoms in total. The molecule has 0 aliphatic carbocycles. The van der Waals surface area contributed by atoms with E-state index in [0.717, 1.165) is 17.9 Å². The molecule has 1 heteroatoms. The van der Waals surface area contributed by atoms with Crippen molar-refractivity contribution in [3.8, 4) is 0 Å². The molecule has 0 spiro atoms. The molecule has 1 aliphatic rings. The molecule has 0 amide bonds. The van der Waals surface area contributed by atoms with E-state index in [1.54, 1.807) is 0 Å². The van der Waals surface area contributed by atoms with Crippen molar-refractivity contribution in [3.05, 3.63) is 0 Å². The molecule has 1 atom stereocenters. The van der Waals surface area contributed by atoms with E-state index in [9.17, 15) is 0 Å². The predicted octanol–water partition coefficient (Wildman–Crippen LogP) is 3.93. The number of hydrogen-bond donors (Lipinski definition) is 0. The quantitative estimate of drug-likeness (QED) is 0.643. The van der Waals surface area contributed by atoms with Gasteiger partial charge in [-0.15, -0.1) is 0 Å². The zero-order valence-electron chi connectivity index (χ0n) is 11.1. The molecule has 1 heterocycles. The van der Waals surface area contributed by atoms with E-state index in [-0.39, 0.29) is 0 Å². The molecular formula is C14H29N. The first-order chi connectivity index (χ1) is 7.19. The number of likely N-dealkylation sites (tertiary alicyclic amines) is 1. The fraction of sp³-hybridized carbons (Fsp3) is 1.00. The van der Waals surface area contributed by atoms with Crippen molar-refractivity contribution in [1.82, 2.24) is 4.90 Å². The number of rotatable bonds is 6. The minimum atomic E-state index is 0.874. The Labute approximate surface area is 96.2 Å². The fourth-order valence-electron chi connectivity index (χ4n) is 2.87. The Balaban J connectivity index is 2.41. The van der Waals surface area contributed by atoms with E-state index < -0.39 is 0 Å². The normalized spacial score (nSPS) is 23.2. The third kappa shape index (κ3) is 3.79. The maximum absolute atomic E-state index is 2.76. The van der Waals surface area contributed by atoms with Crippen molar-refractivity contribution in [2.24, 2.45) is 11.8 Å². The van der Waals surface area contributed by atoms with Crippen LogP contribution >= 0.6 is 0 Å². The smallest absolute Gasteiger partial charge is 0.00951 e. The minimum Gasteiger partial charge on any atom is -0.300 e. The van der Waals surface area contributed by atoms with Crippen molar-refractivity contribution in [2.75, 3.05) is 13.1 Å². The van der Waals surface area contributed by atoms with E-state index in [2.05, 4.69) is 32.6 Å². The van der Waals surface area contributed by atoms with Gasteiger partial charge in [0.1, 0.15) is 0 Å². The zero-order chi connectivity index (χ0) is 11.3. The minimum absolute atomic E-state index is 0.874. The summed E-state index contributed by atoms with van der Waals surface area (Å²) in [7, 11) is 0. The maximum atomic E-state index is 2.76. The average Bonchev–Trinajstić information content (AvgIpc) is 2.66. The second-order valence-corrected chi connectivity index (χ2v) is 5.52. The van der Waals surface area contributed by atoms with Crippen LogP contribution in [0.15, 0.2) is 0 Å². The molecule has 90 valence electrons. The molecule has 0 bridgehead atoms. The van der Waals surface area contributed by atoms with Crippen molar-refractivity contribution in [2.45, 2.75) is 65.8 Å². The standard InChI is InChI=1S/C14H29N/c1-5-7-14(8-6-2)15-10-9-13(11-15)12(3)4/h12-14H,5-11H2,1-4H3. The second kappa shape index (κ2) is 6.52. The molecule has 1 saturated heterocycles. The molecule has 0 saturated carbocycles. The molecule has 1 fully saturated rings. The molecular weight excluding hydrogens is 182 g/mol. The van der Waals surface area contributed by atoms with Crippen LogP contribution < -0.4 is 0 Å². The summed E-state index contributed by atoms with van der Waals surface area (Å²) in [5.41, 5.74) is 0. The van der Waals surface area contributed by atoms with E-state index in [4.69, 9.17) is 0 Å². The van der Waals surface area contributed by atoms with Gasteiger partial charge in [0, 0.05) is 12.6 Å². The van der Waals surface area contributed by atoms with Crippen LogP contribution in [0.2, 0.25) is 0 Å². The van der Waals surface area contributed by atoms with Gasteiger partial charge in [-0.1, -0.05) is 40.5 Å². The summed E-state index contributed by atoms with van der Waals surface area (Å²) < 4.78 is 0. The van der Waals surface area contributed by atoms with Crippen LogP contribution in [0.3, 0.4) is 0 Å². The highest BCUT2D eigenvalue weighted by molar-refractivity contribution is 4.82. The molecule has 0 N–H and O–H groups in total. The highest BCUT2D eigenvalue weighted by Crippen LogP contribution is 2.27. The third-order valence-electron chi connectivity index (χ3n) is 3.96. The lowest BCUT2D eigenvalue weighted by Crippen LogP contribution is -2.33. The summed E-state index contributed by atoms with van der Waals surface area (Å²) in [5.74, 6) is 1.83. The van der Waals surface area contributed by atoms with Crippen LogP contribution in [0.4, 0.5) is 0 Å². The van der Waals surface area contributed by atoms with E-state index in [1.165, 1.54) is 45.2 Å². The maximum Gasteiger partial charge on any atom is 0.00951 e. The first-order valence-corrected chi connectivity index (χ1v) is 6.93. The second-order valence-electron chi connectivity index (χ2n) is 5.52. The van der Waals surface area contributed by atoms with Crippen LogP contribution in [0.25, 0.3) is 0 Å². The Bertz CT molecular complexity index is 159. The van der Waals surface area contributed by atoms with Crippen LogP contribution in [0.5, 0.6) is 0 Å². The Kier molecular flexibility index (Phi) is 5.66. The highest BCUT2D eigenvalue weighted by Gasteiger charge is 2.28. The van der Waals surface area contributed by atoms with Gasteiger partial charge < -0.3 is 4.90 Å². The first kappa shape index (κ1) is 13.0. The van der Waals surface area contributed by atoms with Crippen LogP contribution in [0, 0.1) is 11.8 Å². The molecule has 0 aromatic carbocycles. The Morgan fingerprint density at radius 3 is 2.13 bits per heavy atom. The monoisotopic (exact) mass is 211 g/mol. The van der Waals surface area contributed by atoms with Gasteiger partial charge in [-0.05, 0) is 37.6 Å². The summed E-state index contributed by atoms with van der Waals surface area (Å²) in [5, 5.41) is 0. The van der Waals surface area contributed by atoms with Crippen LogP contribution in [-0.4, -0.2) is 24.0 Å². The van der Waals surface area contributed by atoms with Crippen LogP contribution in [-0.2, 0) is 0 Å². The zero-order valence-corrected chi connectivity index (χ0v) is 11.1. The summed E-state index contributed by atoms with van der Waals surface area (Å²) in [4.78, 5) is 2.76. The number of nitrogens with zero attached hydrogens (tertiary/aromatic N) is 1. The third-order valence-corrected chi connectivity index (χ3v) is 3.96. The van der Waals surface area contributed by atoms with Crippen molar-refractivity contribution in [3.63, 3.8) is 0 Å². The fourth-order valence-corrected chi connectivity index (χ4v) is 2.87. The molecule has 15 heavy (non-hydrogen) atoms. The molecule has 1 rings (SSSR count). The lowest BCUT2D eigenvalue weighted by atomic mass is 9.95. The van der Waals surface area contributed by atoms with Crippen LogP contribution in [0.1, 0.15) is 59.8 Å². The summed E-state index contributed by atoms with van der Waals surface area (Å²) in [6, 6.07) is 0.878. The Hall–Kier alpha value is -0.0400. The van der Waals surface area contributed by atoms with Gasteiger partial charge in [0.2, 0.25) is 0 Å². The molecule has 0 radical (unpaired) electrons. The van der Waals surface area contributed by atoms with Gasteiger partial charge in [0.05, 0.1) is 0 Å². The molecule has 0 aromatic heterocycles. The van der Waals surface area contributed by atoms with Gasteiger partial charge >= 0.3 is 0 Å². The van der Waals surface area contributed by atoms with E-state index >= 15 is 0 Å². The Morgan fingerprint density at radius 2 is 1.73 bits per heavy atom. The van der Waals surface area contributed by atoms with Gasteiger partial charge in [-0.25, -0.2) is 0 Å². The molecule has 1 aliphatic heterocycles. The molecule has 1 unspecified atom stereocenters. The van der Waals surface area contributed by atoms with Gasteiger partial charge in [-0.3, -0.25) is 0 Å². The van der Waals surface area contributed by atoms with Crippen molar-refractivity contribution < 1.29 is 0 Å². The van der Waals surface area contributed by atoms with E-state index in [1.807, 2.05) is 0 Å². The lowest BCUT2D eigenvalue weighted by Gasteiger charge is -2.28. The highest BCUT2D eigenvalue weighted by atomic mass is 15.2. The lowest BCUT2D eigenvalue weighted by molar-refractivity contribution is 0.202. The first-order valence-electron chi connectivity index (χ1n) is 6.93. The Morgan fingerprint density at radius 1 is 1.13 bits per heavy atom. The SMILES string of the molecule is CCCC(CCC)N1CCC(C(C)C)C1. The number of hydrogen-bond acceptors (Lipinski definition) is 1. The summed E-state index contributed by atoms with van der Waals surface area (Å²) >= 11 is 0.